The van der Waals surface area contributed by atoms with Gasteiger partial charge in [-0.05, 0) is 23.7 Å². The maximum absolute atomic E-state index is 11.7. The molecule has 0 spiro atoms. The van der Waals surface area contributed by atoms with E-state index in [4.69, 9.17) is 0 Å². The van der Waals surface area contributed by atoms with Gasteiger partial charge in [0.05, 0.1) is 0 Å². The average Bonchev–Trinajstić information content (AvgIpc) is 2.43. The summed E-state index contributed by atoms with van der Waals surface area (Å²) in [6.45, 7) is 6.74. The minimum atomic E-state index is 0.0625. The Kier molecular flexibility index (Phi) is 0.675. The first-order valence-corrected chi connectivity index (χ1v) is 4.54. The summed E-state index contributed by atoms with van der Waals surface area (Å²) < 4.78 is 0. The second kappa shape index (κ2) is 1.19. The fourth-order valence-corrected chi connectivity index (χ4v) is 3.86. The predicted molar refractivity (Wildman–Crippen MR) is 42.0 cm³/mol. The van der Waals surface area contributed by atoms with Crippen molar-refractivity contribution in [3.05, 3.63) is 0 Å². The molecule has 0 heterocycles. The summed E-state index contributed by atoms with van der Waals surface area (Å²) in [5.74, 6) is 2.63. The van der Waals surface area contributed by atoms with Gasteiger partial charge in [0.25, 0.3) is 0 Å². The van der Waals surface area contributed by atoms with E-state index in [1.807, 2.05) is 0 Å². The third-order valence-corrected chi connectivity index (χ3v) is 4.91. The van der Waals surface area contributed by atoms with Crippen molar-refractivity contribution in [3.63, 3.8) is 0 Å². The van der Waals surface area contributed by atoms with Gasteiger partial charge in [-0.25, -0.2) is 0 Å². The van der Waals surface area contributed by atoms with E-state index in [1.54, 1.807) is 0 Å². The van der Waals surface area contributed by atoms with Gasteiger partial charge in [0.15, 0.2) is 0 Å². The molecule has 4 aliphatic rings. The van der Waals surface area contributed by atoms with Crippen LogP contribution in [0.3, 0.4) is 0 Å². The molecule has 0 aromatic heterocycles. The number of hydrogen-bond acceptors (Lipinski definition) is 1. The second-order valence-corrected chi connectivity index (χ2v) is 5.34. The molecular weight excluding hydrogens is 136 g/mol. The van der Waals surface area contributed by atoms with E-state index in [1.165, 1.54) is 6.42 Å². The third kappa shape index (κ3) is 0.361. The molecule has 0 radical (unpaired) electrons. The molecule has 0 aromatic rings. The van der Waals surface area contributed by atoms with Gasteiger partial charge in [0, 0.05) is 11.3 Å². The Hall–Kier alpha value is -0.330. The maximum atomic E-state index is 11.7. The summed E-state index contributed by atoms with van der Waals surface area (Å²) in [4.78, 5) is 11.7. The van der Waals surface area contributed by atoms with Crippen LogP contribution in [-0.2, 0) is 4.79 Å². The Morgan fingerprint density at radius 1 is 1.36 bits per heavy atom. The first-order valence-electron chi connectivity index (χ1n) is 4.54. The van der Waals surface area contributed by atoms with Crippen molar-refractivity contribution in [3.8, 4) is 0 Å². The molecule has 1 heteroatoms. The Labute approximate surface area is 67.2 Å². The first kappa shape index (κ1) is 6.22. The quantitative estimate of drug-likeness (QED) is 0.515. The lowest BCUT2D eigenvalue weighted by molar-refractivity contribution is -0.127. The first-order chi connectivity index (χ1) is 5.00. The van der Waals surface area contributed by atoms with Crippen LogP contribution in [0.2, 0.25) is 0 Å². The monoisotopic (exact) mass is 150 g/mol. The van der Waals surface area contributed by atoms with Crippen LogP contribution in [0.4, 0.5) is 0 Å². The molecule has 0 saturated heterocycles. The van der Waals surface area contributed by atoms with E-state index in [2.05, 4.69) is 20.8 Å². The molecule has 4 saturated carbocycles. The maximum Gasteiger partial charge on any atom is 0.142 e. The van der Waals surface area contributed by atoms with Gasteiger partial charge in [-0.15, -0.1) is 0 Å². The normalized spacial score (nSPS) is 62.1. The number of carbonyl (C=O) groups excluding carboxylic acids is 1. The van der Waals surface area contributed by atoms with Crippen molar-refractivity contribution in [2.45, 2.75) is 27.2 Å². The van der Waals surface area contributed by atoms with Gasteiger partial charge < -0.3 is 0 Å². The van der Waals surface area contributed by atoms with Gasteiger partial charge in [0.2, 0.25) is 0 Å². The van der Waals surface area contributed by atoms with Crippen LogP contribution in [0.15, 0.2) is 0 Å². The second-order valence-electron chi connectivity index (χ2n) is 5.34. The summed E-state index contributed by atoms with van der Waals surface area (Å²) in [7, 11) is 0. The molecule has 11 heavy (non-hydrogen) atoms. The highest BCUT2D eigenvalue weighted by Gasteiger charge is 2.82. The van der Waals surface area contributed by atoms with Crippen LogP contribution in [-0.4, -0.2) is 5.78 Å². The summed E-state index contributed by atoms with van der Waals surface area (Å²) in [6, 6.07) is 0. The van der Waals surface area contributed by atoms with Crippen LogP contribution < -0.4 is 0 Å². The molecule has 0 amide bonds. The predicted octanol–water partition coefficient (Wildman–Crippen LogP) is 1.87. The SMILES string of the molecule is CC12CC3C(C1=O)C3C2(C)C. The Balaban J connectivity index is 2.23. The molecule has 4 atom stereocenters. The minimum Gasteiger partial charge on any atom is -0.299 e. The zero-order chi connectivity index (χ0) is 8.02. The standard InChI is InChI=1S/C10H14O/c1-9(2)7-5-4-10(9,3)8(11)6(5)7/h5-7H,4H2,1-3H3. The van der Waals surface area contributed by atoms with Crippen LogP contribution in [0, 0.1) is 28.6 Å². The van der Waals surface area contributed by atoms with E-state index in [9.17, 15) is 4.79 Å². The number of rotatable bonds is 0. The number of hydrogen-bond donors (Lipinski definition) is 0. The number of Topliss-reactive ketones (excluding diaryl/α,β-unsaturated/α-hetero) is 1. The van der Waals surface area contributed by atoms with E-state index in [0.717, 1.165) is 11.8 Å². The molecule has 4 fully saturated rings. The molecule has 0 N–H and O–H groups in total. The molecular formula is C10H14O. The van der Waals surface area contributed by atoms with E-state index in [-0.39, 0.29) is 5.41 Å². The molecule has 60 valence electrons. The third-order valence-electron chi connectivity index (χ3n) is 4.91. The van der Waals surface area contributed by atoms with Gasteiger partial charge in [-0.1, -0.05) is 20.8 Å². The Morgan fingerprint density at radius 2 is 2.00 bits per heavy atom. The molecule has 4 aliphatic carbocycles. The van der Waals surface area contributed by atoms with Crippen molar-refractivity contribution in [1.29, 1.82) is 0 Å². The summed E-state index contributed by atoms with van der Waals surface area (Å²) in [5, 5.41) is 0. The van der Waals surface area contributed by atoms with Crippen molar-refractivity contribution >= 4 is 5.78 Å². The smallest absolute Gasteiger partial charge is 0.142 e. The molecule has 0 aliphatic heterocycles. The highest BCUT2D eigenvalue weighted by molar-refractivity contribution is 5.97. The average molecular weight is 150 g/mol. The Morgan fingerprint density at radius 3 is 2.09 bits per heavy atom. The number of ketones is 1. The zero-order valence-corrected chi connectivity index (χ0v) is 7.35. The minimum absolute atomic E-state index is 0.0625. The largest absolute Gasteiger partial charge is 0.299 e. The van der Waals surface area contributed by atoms with E-state index in [0.29, 0.717) is 17.1 Å². The lowest BCUT2D eigenvalue weighted by Gasteiger charge is -2.32. The lowest BCUT2D eigenvalue weighted by Crippen LogP contribution is -2.32. The van der Waals surface area contributed by atoms with Crippen LogP contribution >= 0.6 is 0 Å². The zero-order valence-electron chi connectivity index (χ0n) is 7.35. The topological polar surface area (TPSA) is 17.1 Å². The summed E-state index contributed by atoms with van der Waals surface area (Å²) in [6.07, 6.45) is 1.19. The molecule has 0 aromatic carbocycles. The highest BCUT2D eigenvalue weighted by Crippen LogP contribution is 2.81. The summed E-state index contributed by atoms with van der Waals surface area (Å²) in [5.41, 5.74) is 0.381. The van der Waals surface area contributed by atoms with Crippen molar-refractivity contribution in [1.82, 2.24) is 0 Å². The fourth-order valence-electron chi connectivity index (χ4n) is 3.86. The van der Waals surface area contributed by atoms with Crippen LogP contribution in [0.25, 0.3) is 0 Å². The molecule has 4 unspecified atom stereocenters. The molecule has 4 bridgehead atoms. The van der Waals surface area contributed by atoms with Crippen LogP contribution in [0.5, 0.6) is 0 Å². The van der Waals surface area contributed by atoms with Gasteiger partial charge in [0.1, 0.15) is 5.78 Å². The van der Waals surface area contributed by atoms with Crippen molar-refractivity contribution < 1.29 is 4.79 Å². The van der Waals surface area contributed by atoms with E-state index >= 15 is 0 Å². The van der Waals surface area contributed by atoms with Gasteiger partial charge in [-0.2, -0.15) is 0 Å². The van der Waals surface area contributed by atoms with Crippen molar-refractivity contribution in [2.24, 2.45) is 28.6 Å². The van der Waals surface area contributed by atoms with Gasteiger partial charge in [-0.3, -0.25) is 4.79 Å². The summed E-state index contributed by atoms with van der Waals surface area (Å²) >= 11 is 0. The van der Waals surface area contributed by atoms with Gasteiger partial charge >= 0.3 is 0 Å². The highest BCUT2D eigenvalue weighted by atomic mass is 16.1. The fraction of sp³-hybridized carbons (Fsp3) is 0.900. The van der Waals surface area contributed by atoms with Crippen molar-refractivity contribution in [2.75, 3.05) is 0 Å². The molecule has 4 rings (SSSR count). The lowest BCUT2D eigenvalue weighted by atomic mass is 9.70. The van der Waals surface area contributed by atoms with Crippen LogP contribution in [0.1, 0.15) is 27.2 Å². The Bertz CT molecular complexity index is 266. The van der Waals surface area contributed by atoms with E-state index < -0.39 is 0 Å². The number of carbonyl (C=O) groups is 1. The molecule has 1 nitrogen and oxygen atoms in total.